The molecule has 0 spiro atoms. The number of likely N-dealkylation sites (N-methyl/N-ethyl adjacent to an activating group) is 1. The average molecular weight is 251 g/mol. The second kappa shape index (κ2) is 6.28. The summed E-state index contributed by atoms with van der Waals surface area (Å²) in [6.07, 6.45) is 0.788. The predicted molar refractivity (Wildman–Crippen MR) is 71.2 cm³/mol. The highest BCUT2D eigenvalue weighted by Gasteiger charge is 2.13. The molecule has 0 aliphatic carbocycles. The smallest absolute Gasteiger partial charge is 0.219 e. The summed E-state index contributed by atoms with van der Waals surface area (Å²) in [4.78, 5) is 13.0. The lowest BCUT2D eigenvalue weighted by Gasteiger charge is -2.23. The summed E-state index contributed by atoms with van der Waals surface area (Å²) in [6, 6.07) is 5.98. The lowest BCUT2D eigenvalue weighted by Crippen LogP contribution is -2.34. The molecule has 100 valence electrons. The maximum Gasteiger partial charge on any atom is 0.219 e. The second-order valence-corrected chi connectivity index (χ2v) is 4.37. The number of hydrogen-bond acceptors (Lipinski definition) is 3. The fourth-order valence-corrected chi connectivity index (χ4v) is 1.80. The van der Waals surface area contributed by atoms with Crippen LogP contribution in [0.4, 0.5) is 0 Å². The fraction of sp³-hybridized carbons (Fsp3) is 0.500. The van der Waals surface area contributed by atoms with Crippen LogP contribution in [0.3, 0.4) is 0 Å². The van der Waals surface area contributed by atoms with Crippen molar-refractivity contribution >= 4 is 5.91 Å². The summed E-state index contributed by atoms with van der Waals surface area (Å²) < 4.78 is 10.5. The van der Waals surface area contributed by atoms with Gasteiger partial charge in [-0.25, -0.2) is 0 Å². The number of rotatable bonds is 5. The van der Waals surface area contributed by atoms with Crippen LogP contribution in [0.15, 0.2) is 18.2 Å². The molecule has 1 amide bonds. The minimum absolute atomic E-state index is 0.0722. The van der Waals surface area contributed by atoms with E-state index in [0.717, 1.165) is 12.0 Å². The van der Waals surface area contributed by atoms with E-state index in [2.05, 4.69) is 0 Å². The van der Waals surface area contributed by atoms with Crippen LogP contribution in [0, 0.1) is 0 Å². The van der Waals surface area contributed by atoms with Gasteiger partial charge in [0.15, 0.2) is 11.5 Å². The van der Waals surface area contributed by atoms with E-state index in [-0.39, 0.29) is 11.9 Å². The zero-order chi connectivity index (χ0) is 13.7. The van der Waals surface area contributed by atoms with Crippen molar-refractivity contribution in [1.29, 1.82) is 0 Å². The first-order valence-electron chi connectivity index (χ1n) is 5.94. The van der Waals surface area contributed by atoms with Crippen LogP contribution in [-0.4, -0.2) is 38.1 Å². The first kappa shape index (κ1) is 14.4. The summed E-state index contributed by atoms with van der Waals surface area (Å²) >= 11 is 0. The molecule has 1 unspecified atom stereocenters. The first-order chi connectivity index (χ1) is 8.49. The third-order valence-corrected chi connectivity index (χ3v) is 3.14. The van der Waals surface area contributed by atoms with Crippen molar-refractivity contribution in [3.8, 4) is 11.5 Å². The topological polar surface area (TPSA) is 38.8 Å². The highest BCUT2D eigenvalue weighted by atomic mass is 16.5. The molecule has 0 bridgehead atoms. The largest absolute Gasteiger partial charge is 0.493 e. The summed E-state index contributed by atoms with van der Waals surface area (Å²) in [5.74, 6) is 1.50. The summed E-state index contributed by atoms with van der Waals surface area (Å²) in [6.45, 7) is 3.60. The van der Waals surface area contributed by atoms with E-state index in [0.29, 0.717) is 11.5 Å². The van der Waals surface area contributed by atoms with E-state index in [1.807, 2.05) is 32.2 Å². The van der Waals surface area contributed by atoms with E-state index in [1.165, 1.54) is 0 Å². The molecule has 0 saturated heterocycles. The number of ether oxygens (including phenoxy) is 2. The van der Waals surface area contributed by atoms with Crippen LogP contribution in [-0.2, 0) is 11.2 Å². The van der Waals surface area contributed by atoms with Crippen molar-refractivity contribution in [2.24, 2.45) is 0 Å². The van der Waals surface area contributed by atoms with E-state index in [9.17, 15) is 4.79 Å². The summed E-state index contributed by atoms with van der Waals surface area (Å²) in [7, 11) is 5.05. The summed E-state index contributed by atoms with van der Waals surface area (Å²) in [5.41, 5.74) is 1.12. The predicted octanol–water partition coefficient (Wildman–Crippen LogP) is 2.11. The van der Waals surface area contributed by atoms with Gasteiger partial charge in [-0.2, -0.15) is 0 Å². The van der Waals surface area contributed by atoms with Gasteiger partial charge in [-0.05, 0) is 31.0 Å². The van der Waals surface area contributed by atoms with Crippen molar-refractivity contribution < 1.29 is 14.3 Å². The molecule has 0 fully saturated rings. The second-order valence-electron chi connectivity index (χ2n) is 4.37. The molecule has 0 aromatic heterocycles. The Kier molecular flexibility index (Phi) is 5.01. The maximum atomic E-state index is 11.3. The molecule has 4 heteroatoms. The molecule has 1 rings (SSSR count). The Morgan fingerprint density at radius 3 is 2.39 bits per heavy atom. The summed E-state index contributed by atoms with van der Waals surface area (Å²) in [5, 5.41) is 0. The number of nitrogens with zero attached hydrogens (tertiary/aromatic N) is 1. The van der Waals surface area contributed by atoms with E-state index in [4.69, 9.17) is 9.47 Å². The number of methoxy groups -OCH3 is 2. The molecule has 18 heavy (non-hydrogen) atoms. The van der Waals surface area contributed by atoms with Gasteiger partial charge in [0, 0.05) is 20.0 Å². The van der Waals surface area contributed by atoms with Crippen LogP contribution < -0.4 is 9.47 Å². The Hall–Kier alpha value is -1.71. The van der Waals surface area contributed by atoms with Crippen molar-refractivity contribution in [2.45, 2.75) is 26.3 Å². The molecule has 4 nitrogen and oxygen atoms in total. The van der Waals surface area contributed by atoms with Gasteiger partial charge in [0.1, 0.15) is 0 Å². The molecule has 0 aliphatic heterocycles. The van der Waals surface area contributed by atoms with E-state index < -0.39 is 0 Å². The average Bonchev–Trinajstić information content (AvgIpc) is 2.37. The van der Waals surface area contributed by atoms with Crippen molar-refractivity contribution in [2.75, 3.05) is 21.3 Å². The Labute approximate surface area is 108 Å². The minimum Gasteiger partial charge on any atom is -0.493 e. The van der Waals surface area contributed by atoms with Crippen LogP contribution in [0.25, 0.3) is 0 Å². The Balaban J connectivity index is 2.82. The molecular formula is C14H21NO3. The van der Waals surface area contributed by atoms with Crippen molar-refractivity contribution in [3.05, 3.63) is 23.8 Å². The van der Waals surface area contributed by atoms with Crippen LogP contribution in [0.5, 0.6) is 11.5 Å². The normalized spacial score (nSPS) is 11.8. The number of amides is 1. The van der Waals surface area contributed by atoms with Crippen LogP contribution >= 0.6 is 0 Å². The SMILES string of the molecule is COc1ccc(CC(C)N(C)C(C)=O)cc1OC. The Morgan fingerprint density at radius 2 is 1.89 bits per heavy atom. The molecule has 1 atom stereocenters. The Morgan fingerprint density at radius 1 is 1.28 bits per heavy atom. The zero-order valence-electron chi connectivity index (χ0n) is 11.7. The molecular weight excluding hydrogens is 230 g/mol. The lowest BCUT2D eigenvalue weighted by molar-refractivity contribution is -0.129. The molecule has 1 aromatic carbocycles. The highest BCUT2D eigenvalue weighted by Crippen LogP contribution is 2.28. The van der Waals surface area contributed by atoms with Gasteiger partial charge in [0.05, 0.1) is 14.2 Å². The van der Waals surface area contributed by atoms with Gasteiger partial charge in [-0.3, -0.25) is 4.79 Å². The number of carbonyl (C=O) groups is 1. The minimum atomic E-state index is 0.0722. The molecule has 1 aromatic rings. The lowest BCUT2D eigenvalue weighted by atomic mass is 10.1. The maximum absolute atomic E-state index is 11.3. The van der Waals surface area contributed by atoms with Gasteiger partial charge in [-0.15, -0.1) is 0 Å². The monoisotopic (exact) mass is 251 g/mol. The molecule has 0 heterocycles. The van der Waals surface area contributed by atoms with Crippen LogP contribution in [0.1, 0.15) is 19.4 Å². The quantitative estimate of drug-likeness (QED) is 0.804. The number of carbonyl (C=O) groups excluding carboxylic acids is 1. The highest BCUT2D eigenvalue weighted by molar-refractivity contribution is 5.73. The molecule has 0 N–H and O–H groups in total. The zero-order valence-corrected chi connectivity index (χ0v) is 11.7. The van der Waals surface area contributed by atoms with Gasteiger partial charge in [0.2, 0.25) is 5.91 Å². The van der Waals surface area contributed by atoms with Crippen molar-refractivity contribution in [1.82, 2.24) is 4.90 Å². The van der Waals surface area contributed by atoms with Gasteiger partial charge >= 0.3 is 0 Å². The molecule has 0 aliphatic rings. The van der Waals surface area contributed by atoms with Gasteiger partial charge in [-0.1, -0.05) is 6.07 Å². The van der Waals surface area contributed by atoms with Crippen molar-refractivity contribution in [3.63, 3.8) is 0 Å². The van der Waals surface area contributed by atoms with E-state index in [1.54, 1.807) is 26.0 Å². The number of hydrogen-bond donors (Lipinski definition) is 0. The Bertz CT molecular complexity index is 418. The molecule has 0 radical (unpaired) electrons. The standard InChI is InChI=1S/C14H21NO3/c1-10(15(3)11(2)16)8-12-6-7-13(17-4)14(9-12)18-5/h6-7,9-10H,8H2,1-5H3. The fourth-order valence-electron chi connectivity index (χ4n) is 1.80. The molecule has 0 saturated carbocycles. The van der Waals surface area contributed by atoms with Gasteiger partial charge < -0.3 is 14.4 Å². The first-order valence-corrected chi connectivity index (χ1v) is 5.94. The third-order valence-electron chi connectivity index (χ3n) is 3.14. The van der Waals surface area contributed by atoms with Crippen LogP contribution in [0.2, 0.25) is 0 Å². The third kappa shape index (κ3) is 3.39. The van der Waals surface area contributed by atoms with Gasteiger partial charge in [0.25, 0.3) is 0 Å². The van der Waals surface area contributed by atoms with E-state index >= 15 is 0 Å². The number of benzene rings is 1.